The van der Waals surface area contributed by atoms with E-state index in [0.29, 0.717) is 0 Å². The van der Waals surface area contributed by atoms with Crippen LogP contribution in [0.15, 0.2) is 146 Å². The first-order valence-electron chi connectivity index (χ1n) is 17.5. The molecule has 8 rings (SSSR count). The number of hydrogen-bond donors (Lipinski definition) is 0. The molecule has 0 aromatic heterocycles. The Hall–Kier alpha value is -3.03. The molecule has 8 aromatic rings. The standard InChI is InChI=1S/C21H12Cl2.C21H25.C5H5.2ClH.Zr/c22-20-11-3-7-16-14(5-1-9-18(16)20)13-15-6-2-10-19-17(15)8-4-12-21(19)23;1-20(2,3)16-9-7-14-11-15-8-10-17(21(4,5)6)13-19(15)18(14)12-16;1-2-4-5-3-1;;;/h1-12H;7-13H,1-6H3;1-5H;2*1H;/q;2*-1;;;+2/p-2. The molecule has 0 aliphatic heterocycles. The van der Waals surface area contributed by atoms with Crippen molar-refractivity contribution in [1.29, 1.82) is 0 Å². The van der Waals surface area contributed by atoms with Gasteiger partial charge in [-0.1, -0.05) is 76.9 Å². The molecule has 5 heteroatoms. The summed E-state index contributed by atoms with van der Waals surface area (Å²) in [4.78, 5) is 0. The maximum absolute atomic E-state index is 6.65. The number of hydrogen-bond acceptors (Lipinski definition) is 0. The molecule has 0 nitrogen and oxygen atoms in total. The van der Waals surface area contributed by atoms with E-state index in [1.54, 1.807) is 0 Å². The Morgan fingerprint density at radius 1 is 0.481 bits per heavy atom. The summed E-state index contributed by atoms with van der Waals surface area (Å²) in [6, 6.07) is 50.2. The molecule has 0 saturated carbocycles. The largest absolute Gasteiger partial charge is 0.214 e. The third-order valence-corrected chi connectivity index (χ3v) is 14.6. The van der Waals surface area contributed by atoms with Crippen LogP contribution in [-0.2, 0) is 29.7 Å². The van der Waals surface area contributed by atoms with Crippen LogP contribution in [0.25, 0.3) is 43.1 Å². The van der Waals surface area contributed by atoms with Gasteiger partial charge in [-0.25, -0.2) is 12.1 Å². The zero-order chi connectivity index (χ0) is 37.2. The first-order chi connectivity index (χ1) is 24.7. The molecule has 0 unspecified atom stereocenters. The van der Waals surface area contributed by atoms with Gasteiger partial charge in [-0.2, -0.15) is 18.2 Å². The molecule has 0 saturated heterocycles. The minimum absolute atomic E-state index is 0.194. The molecule has 0 N–H and O–H groups in total. The molecule has 0 radical (unpaired) electrons. The summed E-state index contributed by atoms with van der Waals surface area (Å²) < 4.78 is 1.04. The number of rotatable bonds is 2. The van der Waals surface area contributed by atoms with Gasteiger partial charge in [-0.15, -0.1) is 39.7 Å². The van der Waals surface area contributed by atoms with Crippen LogP contribution in [0, 0.1) is 0 Å². The monoisotopic (exact) mass is 836 g/mol. The topological polar surface area (TPSA) is 0 Å². The number of fused-ring (bicyclic) bond motifs is 5. The summed E-state index contributed by atoms with van der Waals surface area (Å²) in [7, 11) is 13.3. The van der Waals surface area contributed by atoms with Gasteiger partial charge in [0.25, 0.3) is 0 Å². The zero-order valence-corrected chi connectivity index (χ0v) is 35.9. The van der Waals surface area contributed by atoms with Gasteiger partial charge < -0.3 is 0 Å². The van der Waals surface area contributed by atoms with Gasteiger partial charge in [0, 0.05) is 0 Å². The molecule has 0 aliphatic carbocycles. The maximum atomic E-state index is 6.65. The van der Waals surface area contributed by atoms with Crippen molar-refractivity contribution in [2.75, 3.05) is 0 Å². The Morgan fingerprint density at radius 3 is 1.25 bits per heavy atom. The number of benzene rings is 6. The normalized spacial score (nSPS) is 11.7. The zero-order valence-electron chi connectivity index (χ0n) is 30.4. The average molecular weight is 840 g/mol. The van der Waals surface area contributed by atoms with Gasteiger partial charge >= 0.3 is 178 Å². The van der Waals surface area contributed by atoms with E-state index in [1.807, 2.05) is 78.9 Å². The third kappa shape index (κ3) is 8.52. The van der Waals surface area contributed by atoms with E-state index in [9.17, 15) is 0 Å². The van der Waals surface area contributed by atoms with E-state index in [4.69, 9.17) is 40.2 Å². The summed E-state index contributed by atoms with van der Waals surface area (Å²) in [5.41, 5.74) is 5.31. The summed E-state index contributed by atoms with van der Waals surface area (Å²) in [6.07, 6.45) is 0. The molecule has 0 bridgehead atoms. The predicted octanol–water partition coefficient (Wildman–Crippen LogP) is 15.5. The van der Waals surface area contributed by atoms with Gasteiger partial charge in [0.1, 0.15) is 0 Å². The Morgan fingerprint density at radius 2 is 0.885 bits per heavy atom. The molecule has 52 heavy (non-hydrogen) atoms. The Labute approximate surface area is 332 Å². The van der Waals surface area contributed by atoms with Crippen molar-refractivity contribution in [3.05, 3.63) is 178 Å². The van der Waals surface area contributed by atoms with Gasteiger partial charge in [-0.3, -0.25) is 0 Å². The van der Waals surface area contributed by atoms with Crippen molar-refractivity contribution in [3.8, 4) is 0 Å². The van der Waals surface area contributed by atoms with Gasteiger partial charge in [-0.05, 0) is 10.8 Å². The van der Waals surface area contributed by atoms with Crippen LogP contribution in [0.5, 0.6) is 0 Å². The molecule has 0 heterocycles. The SMILES string of the molecule is CC(C)(C)c1ccc2[cH-]c3ccc(C(C)(C)C)cc3c2c1.Clc1cccc2c([C](c3cccc4c(Cl)cccc34)=[Zr]([Cl])[Cl])cccc12.c1cc[cH-]c1. The van der Waals surface area contributed by atoms with E-state index in [2.05, 4.69) is 108 Å². The van der Waals surface area contributed by atoms with Gasteiger partial charge in [0.15, 0.2) is 0 Å². The van der Waals surface area contributed by atoms with E-state index < -0.39 is 18.9 Å². The first kappa shape index (κ1) is 38.7. The summed E-state index contributed by atoms with van der Waals surface area (Å²) in [5.74, 6) is 0. The Bertz CT molecular complexity index is 2350. The van der Waals surface area contributed by atoms with Crippen LogP contribution in [0.1, 0.15) is 63.8 Å². The average Bonchev–Trinajstić information content (AvgIpc) is 3.80. The second-order valence-electron chi connectivity index (χ2n) is 15.1. The van der Waals surface area contributed by atoms with E-state index in [-0.39, 0.29) is 10.8 Å². The van der Waals surface area contributed by atoms with Crippen LogP contribution in [0.4, 0.5) is 0 Å². The minimum atomic E-state index is -2.84. The van der Waals surface area contributed by atoms with E-state index in [0.717, 1.165) is 45.9 Å². The molecular weight excluding hydrogens is 798 g/mol. The molecule has 0 amide bonds. The molecule has 0 aliphatic rings. The third-order valence-electron chi connectivity index (χ3n) is 9.46. The fourth-order valence-electron chi connectivity index (χ4n) is 6.58. The molecular formula is C47H42Cl4Zr-2. The van der Waals surface area contributed by atoms with E-state index in [1.165, 1.54) is 32.7 Å². The predicted molar refractivity (Wildman–Crippen MR) is 229 cm³/mol. The minimum Gasteiger partial charge on any atom is -0.214 e. The van der Waals surface area contributed by atoms with Gasteiger partial charge in [0.2, 0.25) is 0 Å². The van der Waals surface area contributed by atoms with Crippen LogP contribution < -0.4 is 0 Å². The fraction of sp³-hybridized carbons (Fsp3) is 0.170. The molecule has 0 atom stereocenters. The van der Waals surface area contributed by atoms with Crippen molar-refractivity contribution in [2.24, 2.45) is 0 Å². The maximum Gasteiger partial charge on any atom is -0.172 e. The second kappa shape index (κ2) is 16.1. The fourth-order valence-corrected chi connectivity index (χ4v) is 11.5. The molecule has 0 fully saturated rings. The Kier molecular flexibility index (Phi) is 12.0. The van der Waals surface area contributed by atoms with Crippen LogP contribution in [0.3, 0.4) is 0 Å². The summed E-state index contributed by atoms with van der Waals surface area (Å²) in [5, 5.41) is 11.1. The van der Waals surface area contributed by atoms with Crippen LogP contribution in [-0.4, -0.2) is 3.21 Å². The van der Waals surface area contributed by atoms with Gasteiger partial charge in [0.05, 0.1) is 0 Å². The molecule has 8 aromatic carbocycles. The summed E-state index contributed by atoms with van der Waals surface area (Å²) in [6.45, 7) is 13.7. The van der Waals surface area contributed by atoms with Crippen LogP contribution in [0.2, 0.25) is 10.0 Å². The van der Waals surface area contributed by atoms with Crippen molar-refractivity contribution < 1.29 is 18.9 Å². The van der Waals surface area contributed by atoms with Crippen LogP contribution >= 0.6 is 40.2 Å². The smallest absolute Gasteiger partial charge is 0.172 e. The second-order valence-corrected chi connectivity index (χ2v) is 24.1. The quantitative estimate of drug-likeness (QED) is 0.152. The first-order valence-corrected chi connectivity index (χ1v) is 25.8. The Balaban J connectivity index is 0.000000160. The summed E-state index contributed by atoms with van der Waals surface area (Å²) >= 11 is 9.96. The molecule has 0 spiro atoms. The van der Waals surface area contributed by atoms with Crippen molar-refractivity contribution in [3.63, 3.8) is 0 Å². The van der Waals surface area contributed by atoms with Crippen molar-refractivity contribution in [2.45, 2.75) is 52.4 Å². The molecule has 264 valence electrons. The van der Waals surface area contributed by atoms with E-state index >= 15 is 0 Å². The van der Waals surface area contributed by atoms with Crippen molar-refractivity contribution >= 4 is 86.5 Å². The number of halogens is 4. The van der Waals surface area contributed by atoms with Crippen molar-refractivity contribution in [1.82, 2.24) is 0 Å².